The maximum absolute atomic E-state index is 13.2. The number of hydrogen-bond donors (Lipinski definition) is 0. The molecule has 0 radical (unpaired) electrons. The molecule has 0 bridgehead atoms. The molecule has 5 heteroatoms. The molecule has 0 spiro atoms. The molecule has 0 saturated heterocycles. The lowest BCUT2D eigenvalue weighted by Crippen LogP contribution is -2.30. The first kappa shape index (κ1) is 35.1. The predicted octanol–water partition coefficient (Wildman–Crippen LogP) is 11.0. The highest BCUT2D eigenvalue weighted by molar-refractivity contribution is 8.02. The number of nitrogens with zero attached hydrogens (tertiary/aromatic N) is 2. The molecule has 2 aromatic carbocycles. The molecule has 0 aromatic heterocycles. The molecule has 0 atom stereocenters. The maximum atomic E-state index is 13.2. The molecule has 3 rings (SSSR count). The standard InChI is InChI=1S/C38H58N2O2S/c1-6-8-9-10-11-12-13-14-15-16-17-18-25-42-36-28-33(22-23-35(36)38(3,4)5)30-40(37(41)7-2)34-21-19-20-32(27-34)29-39-24-26-43-31-39/h19-24,26-28H,6-18,25,29-31H2,1-5H3. The molecule has 238 valence electrons. The lowest BCUT2D eigenvalue weighted by molar-refractivity contribution is -0.118. The highest BCUT2D eigenvalue weighted by Gasteiger charge is 2.21. The number of rotatable bonds is 20. The Labute approximate surface area is 267 Å². The van der Waals surface area contributed by atoms with Gasteiger partial charge in [0.15, 0.2) is 0 Å². The van der Waals surface area contributed by atoms with E-state index in [4.69, 9.17) is 4.74 Å². The van der Waals surface area contributed by atoms with E-state index < -0.39 is 0 Å². The minimum Gasteiger partial charge on any atom is -0.493 e. The summed E-state index contributed by atoms with van der Waals surface area (Å²) in [5.41, 5.74) is 4.48. The molecular weight excluding hydrogens is 548 g/mol. The molecule has 0 saturated carbocycles. The van der Waals surface area contributed by atoms with Crippen LogP contribution in [0.3, 0.4) is 0 Å². The summed E-state index contributed by atoms with van der Waals surface area (Å²) >= 11 is 1.81. The van der Waals surface area contributed by atoms with Crippen LogP contribution in [-0.4, -0.2) is 23.3 Å². The lowest BCUT2D eigenvalue weighted by Gasteiger charge is -2.26. The van der Waals surface area contributed by atoms with Crippen LogP contribution in [-0.2, 0) is 23.3 Å². The molecule has 0 fully saturated rings. The average molecular weight is 607 g/mol. The molecule has 0 N–H and O–H groups in total. The van der Waals surface area contributed by atoms with E-state index in [9.17, 15) is 4.79 Å². The van der Waals surface area contributed by atoms with Crippen LogP contribution in [0.5, 0.6) is 5.75 Å². The van der Waals surface area contributed by atoms with Crippen LogP contribution < -0.4 is 9.64 Å². The van der Waals surface area contributed by atoms with Crippen LogP contribution in [0, 0.1) is 0 Å². The number of carbonyl (C=O) groups is 1. The number of unbranched alkanes of at least 4 members (excludes halogenated alkanes) is 11. The van der Waals surface area contributed by atoms with Gasteiger partial charge in [-0.25, -0.2) is 0 Å². The highest BCUT2D eigenvalue weighted by Crippen LogP contribution is 2.33. The van der Waals surface area contributed by atoms with E-state index in [1.165, 1.54) is 81.8 Å². The number of thioether (sulfide) groups is 1. The number of hydrogen-bond acceptors (Lipinski definition) is 4. The molecule has 1 amide bonds. The van der Waals surface area contributed by atoms with Crippen molar-refractivity contribution in [3.63, 3.8) is 0 Å². The van der Waals surface area contributed by atoms with Crippen molar-refractivity contribution in [2.24, 2.45) is 0 Å². The fourth-order valence-corrected chi connectivity index (χ4v) is 6.41. The summed E-state index contributed by atoms with van der Waals surface area (Å²) in [6.07, 6.45) is 18.7. The number of benzene rings is 2. The molecule has 1 aliphatic heterocycles. The fraction of sp³-hybridized carbons (Fsp3) is 0.605. The van der Waals surface area contributed by atoms with Gasteiger partial charge in [-0.2, -0.15) is 0 Å². The Balaban J connectivity index is 1.55. The summed E-state index contributed by atoms with van der Waals surface area (Å²) in [6, 6.07) is 15.0. The maximum Gasteiger partial charge on any atom is 0.227 e. The molecule has 1 heterocycles. The summed E-state index contributed by atoms with van der Waals surface area (Å²) in [5, 5.41) is 2.13. The second-order valence-corrected chi connectivity index (χ2v) is 14.0. The van der Waals surface area contributed by atoms with Crippen molar-refractivity contribution in [2.75, 3.05) is 17.4 Å². The van der Waals surface area contributed by atoms with Gasteiger partial charge in [-0.1, -0.05) is 130 Å². The van der Waals surface area contributed by atoms with Crippen LogP contribution in [0.2, 0.25) is 0 Å². The van der Waals surface area contributed by atoms with E-state index in [1.54, 1.807) is 0 Å². The number of amides is 1. The number of carbonyl (C=O) groups excluding carboxylic acids is 1. The third-order valence-electron chi connectivity index (χ3n) is 8.27. The van der Waals surface area contributed by atoms with Crippen molar-refractivity contribution in [1.29, 1.82) is 0 Å². The van der Waals surface area contributed by atoms with Crippen LogP contribution in [0.25, 0.3) is 0 Å². The Morgan fingerprint density at radius 1 is 0.860 bits per heavy atom. The molecule has 4 nitrogen and oxygen atoms in total. The monoisotopic (exact) mass is 606 g/mol. The zero-order chi connectivity index (χ0) is 30.9. The van der Waals surface area contributed by atoms with Crippen molar-refractivity contribution in [3.8, 4) is 5.75 Å². The SMILES string of the molecule is CCCCCCCCCCCCCCOc1cc(CN(C(=O)CC)c2cccc(CN3C=CSC3)c2)ccc1C(C)(C)C. The molecule has 0 aliphatic carbocycles. The summed E-state index contributed by atoms with van der Waals surface area (Å²) in [7, 11) is 0. The molecule has 1 aliphatic rings. The highest BCUT2D eigenvalue weighted by atomic mass is 32.2. The normalized spacial score (nSPS) is 13.1. The van der Waals surface area contributed by atoms with Crippen LogP contribution in [0.15, 0.2) is 54.1 Å². The van der Waals surface area contributed by atoms with Gasteiger partial charge in [0.1, 0.15) is 5.75 Å². The van der Waals surface area contributed by atoms with Gasteiger partial charge in [0.25, 0.3) is 0 Å². The Bertz CT molecular complexity index is 1120. The fourth-order valence-electron chi connectivity index (χ4n) is 5.69. The Kier molecular flexibility index (Phi) is 15.6. The minimum absolute atomic E-state index is 0.0139. The van der Waals surface area contributed by atoms with Gasteiger partial charge in [0.2, 0.25) is 5.91 Å². The van der Waals surface area contributed by atoms with Gasteiger partial charge >= 0.3 is 0 Å². The largest absolute Gasteiger partial charge is 0.493 e. The van der Waals surface area contributed by atoms with Gasteiger partial charge in [-0.05, 0) is 52.1 Å². The zero-order valence-electron chi connectivity index (χ0n) is 27.8. The van der Waals surface area contributed by atoms with Gasteiger partial charge < -0.3 is 14.5 Å². The smallest absolute Gasteiger partial charge is 0.227 e. The molecule has 0 unspecified atom stereocenters. The van der Waals surface area contributed by atoms with Gasteiger partial charge in [0.05, 0.1) is 19.0 Å². The Morgan fingerprint density at radius 3 is 2.14 bits per heavy atom. The summed E-state index contributed by atoms with van der Waals surface area (Å²) in [6.45, 7) is 13.1. The molecular formula is C38H58N2O2S. The van der Waals surface area contributed by atoms with Crippen LogP contribution in [0.4, 0.5) is 5.69 Å². The van der Waals surface area contributed by atoms with Gasteiger partial charge in [-0.3, -0.25) is 4.79 Å². The predicted molar refractivity (Wildman–Crippen MR) is 187 cm³/mol. The summed E-state index contributed by atoms with van der Waals surface area (Å²) in [4.78, 5) is 17.4. The van der Waals surface area contributed by atoms with Crippen molar-refractivity contribution >= 4 is 23.4 Å². The van der Waals surface area contributed by atoms with E-state index in [-0.39, 0.29) is 11.3 Å². The first-order valence-corrected chi connectivity index (χ1v) is 18.0. The molecule has 2 aromatic rings. The van der Waals surface area contributed by atoms with Crippen molar-refractivity contribution in [3.05, 3.63) is 70.8 Å². The summed E-state index contributed by atoms with van der Waals surface area (Å²) < 4.78 is 6.45. The van der Waals surface area contributed by atoms with Crippen molar-refractivity contribution in [1.82, 2.24) is 4.90 Å². The van der Waals surface area contributed by atoms with Gasteiger partial charge in [-0.15, -0.1) is 11.8 Å². The third-order valence-corrected chi connectivity index (χ3v) is 9.06. The summed E-state index contributed by atoms with van der Waals surface area (Å²) in [5.74, 6) is 2.07. The van der Waals surface area contributed by atoms with E-state index in [1.807, 2.05) is 23.6 Å². The second-order valence-electron chi connectivity index (χ2n) is 13.1. The van der Waals surface area contributed by atoms with E-state index >= 15 is 0 Å². The van der Waals surface area contributed by atoms with Crippen molar-refractivity contribution < 1.29 is 9.53 Å². The zero-order valence-corrected chi connectivity index (χ0v) is 28.7. The van der Waals surface area contributed by atoms with Crippen LogP contribution >= 0.6 is 11.8 Å². The van der Waals surface area contributed by atoms with E-state index in [2.05, 4.69) is 86.7 Å². The molecule has 43 heavy (non-hydrogen) atoms. The van der Waals surface area contributed by atoms with Gasteiger partial charge in [0, 0.05) is 24.9 Å². The Morgan fingerprint density at radius 2 is 1.53 bits per heavy atom. The average Bonchev–Trinajstić information content (AvgIpc) is 3.50. The van der Waals surface area contributed by atoms with Crippen molar-refractivity contribution in [2.45, 2.75) is 137 Å². The number of ether oxygens (including phenoxy) is 1. The lowest BCUT2D eigenvalue weighted by atomic mass is 9.85. The number of anilines is 1. The first-order chi connectivity index (χ1) is 20.8. The quantitative estimate of drug-likeness (QED) is 0.140. The second kappa shape index (κ2) is 19.1. The minimum atomic E-state index is -0.0139. The van der Waals surface area contributed by atoms with Crippen LogP contribution in [0.1, 0.15) is 135 Å². The Hall–Kier alpha value is -2.40. The van der Waals surface area contributed by atoms with E-state index in [0.717, 1.165) is 42.4 Å². The topological polar surface area (TPSA) is 32.8 Å². The first-order valence-electron chi connectivity index (χ1n) is 17.0. The third kappa shape index (κ3) is 12.6. The van der Waals surface area contributed by atoms with E-state index in [0.29, 0.717) is 13.0 Å².